The number of alkyl halides is 3. The minimum Gasteiger partial charge on any atom is -0.322 e. The monoisotopic (exact) mass is 502 g/mol. The van der Waals surface area contributed by atoms with Crippen molar-refractivity contribution in [3.63, 3.8) is 0 Å². The second-order valence-electron chi connectivity index (χ2n) is 6.74. The van der Waals surface area contributed by atoms with Crippen molar-refractivity contribution in [2.45, 2.75) is 18.0 Å². The third-order valence-electron chi connectivity index (χ3n) is 4.38. The number of amides is 1. The molecule has 0 unspecified atom stereocenters. The van der Waals surface area contributed by atoms with Crippen LogP contribution in [0.4, 0.5) is 24.5 Å². The fraction of sp³-hybridized carbons (Fsp3) is 0.0952. The molecule has 0 aliphatic rings. The molecule has 0 radical (unpaired) electrons. The highest BCUT2D eigenvalue weighted by Crippen LogP contribution is 2.31. The first-order valence-electron chi connectivity index (χ1n) is 8.94. The van der Waals surface area contributed by atoms with Gasteiger partial charge in [0.15, 0.2) is 0 Å². The Morgan fingerprint density at radius 3 is 2.38 bits per heavy atom. The highest BCUT2D eigenvalue weighted by atomic mass is 35.5. The maximum atomic E-state index is 12.9. The summed E-state index contributed by atoms with van der Waals surface area (Å²) in [5.41, 5.74) is -0.557. The van der Waals surface area contributed by atoms with E-state index in [9.17, 15) is 26.4 Å². The van der Waals surface area contributed by atoms with E-state index in [0.29, 0.717) is 5.56 Å². The number of rotatable bonds is 5. The van der Waals surface area contributed by atoms with E-state index >= 15 is 0 Å². The normalized spacial score (nSPS) is 11.8. The first-order valence-corrected chi connectivity index (χ1v) is 11.2. The Balaban J connectivity index is 1.90. The van der Waals surface area contributed by atoms with Crippen LogP contribution < -0.4 is 10.0 Å². The van der Waals surface area contributed by atoms with Gasteiger partial charge >= 0.3 is 6.18 Å². The summed E-state index contributed by atoms with van der Waals surface area (Å²) in [5, 5.41) is 2.74. The number of nitrogens with one attached hydrogen (secondary N) is 2. The van der Waals surface area contributed by atoms with E-state index in [1.807, 2.05) is 0 Å². The molecule has 0 atom stereocenters. The summed E-state index contributed by atoms with van der Waals surface area (Å²) in [4.78, 5) is 12.4. The fourth-order valence-electron chi connectivity index (χ4n) is 2.76. The van der Waals surface area contributed by atoms with Gasteiger partial charge in [-0.05, 0) is 61.0 Å². The van der Waals surface area contributed by atoms with Crippen molar-refractivity contribution in [2.75, 3.05) is 10.0 Å². The second kappa shape index (κ2) is 9.01. The molecule has 0 aliphatic carbocycles. The largest absolute Gasteiger partial charge is 0.416 e. The van der Waals surface area contributed by atoms with Gasteiger partial charge in [0.2, 0.25) is 0 Å². The zero-order valence-corrected chi connectivity index (χ0v) is 18.6. The molecule has 1 amide bonds. The van der Waals surface area contributed by atoms with Gasteiger partial charge in [-0.3, -0.25) is 9.52 Å². The summed E-state index contributed by atoms with van der Waals surface area (Å²) < 4.78 is 66.6. The molecular weight excluding hydrogens is 488 g/mol. The summed E-state index contributed by atoms with van der Waals surface area (Å²) >= 11 is 11.9. The Bertz CT molecular complexity index is 1300. The zero-order valence-electron chi connectivity index (χ0n) is 16.3. The molecule has 3 aromatic carbocycles. The van der Waals surface area contributed by atoms with Gasteiger partial charge in [-0.2, -0.15) is 13.2 Å². The summed E-state index contributed by atoms with van der Waals surface area (Å²) in [6, 6.07) is 12.2. The SMILES string of the molecule is Cc1ccc(S(=O)(=O)Nc2cc(Cl)ccc2Cl)cc1C(=O)Nc1cccc(C(F)(F)F)c1. The molecular formula is C21H15Cl2F3N2O3S. The molecule has 0 aliphatic heterocycles. The van der Waals surface area contributed by atoms with Crippen molar-refractivity contribution in [3.05, 3.63) is 87.4 Å². The van der Waals surface area contributed by atoms with Crippen LogP contribution in [0, 0.1) is 6.92 Å². The molecule has 32 heavy (non-hydrogen) atoms. The standard InChI is InChI=1S/C21H15Cl2F3N2O3S/c1-12-5-7-16(32(30,31)28-19-10-14(22)6-8-18(19)23)11-17(12)20(29)27-15-4-2-3-13(9-15)21(24,25)26/h2-11,28H,1H3,(H,27,29). The Hall–Kier alpha value is -2.75. The van der Waals surface area contributed by atoms with Crippen molar-refractivity contribution < 1.29 is 26.4 Å². The Kier molecular flexibility index (Phi) is 6.73. The zero-order chi connectivity index (χ0) is 23.7. The van der Waals surface area contributed by atoms with Crippen LogP contribution in [0.5, 0.6) is 0 Å². The van der Waals surface area contributed by atoms with E-state index in [1.54, 1.807) is 6.92 Å². The van der Waals surface area contributed by atoms with Crippen molar-refractivity contribution in [2.24, 2.45) is 0 Å². The van der Waals surface area contributed by atoms with E-state index in [2.05, 4.69) is 10.0 Å². The highest BCUT2D eigenvalue weighted by Gasteiger charge is 2.30. The van der Waals surface area contributed by atoms with Crippen molar-refractivity contribution >= 4 is 50.5 Å². The molecule has 3 aromatic rings. The number of sulfonamides is 1. The molecule has 11 heteroatoms. The number of carbonyl (C=O) groups excluding carboxylic acids is 1. The average Bonchev–Trinajstić information content (AvgIpc) is 2.70. The number of aryl methyl sites for hydroxylation is 1. The summed E-state index contributed by atoms with van der Waals surface area (Å²) in [5.74, 6) is -0.764. The number of carbonyl (C=O) groups is 1. The Morgan fingerprint density at radius 2 is 1.69 bits per heavy atom. The van der Waals surface area contributed by atoms with E-state index in [0.717, 1.165) is 24.3 Å². The van der Waals surface area contributed by atoms with E-state index in [-0.39, 0.29) is 31.9 Å². The quantitative estimate of drug-likeness (QED) is 0.425. The van der Waals surface area contributed by atoms with Gasteiger partial charge in [0, 0.05) is 16.3 Å². The van der Waals surface area contributed by atoms with Crippen LogP contribution in [0.15, 0.2) is 65.6 Å². The van der Waals surface area contributed by atoms with Gasteiger partial charge in [0.25, 0.3) is 15.9 Å². The predicted molar refractivity (Wildman–Crippen MR) is 118 cm³/mol. The van der Waals surface area contributed by atoms with E-state index in [1.165, 1.54) is 36.4 Å². The molecule has 3 rings (SSSR count). The highest BCUT2D eigenvalue weighted by molar-refractivity contribution is 7.92. The van der Waals surface area contributed by atoms with Gasteiger partial charge in [-0.15, -0.1) is 0 Å². The van der Waals surface area contributed by atoms with Crippen LogP contribution in [0.2, 0.25) is 10.0 Å². The number of hydrogen-bond acceptors (Lipinski definition) is 3. The van der Waals surface area contributed by atoms with Crippen LogP contribution >= 0.6 is 23.2 Å². The number of hydrogen-bond donors (Lipinski definition) is 2. The van der Waals surface area contributed by atoms with Crippen LogP contribution in [0.3, 0.4) is 0 Å². The minimum absolute atomic E-state index is 0.0255. The third-order valence-corrected chi connectivity index (χ3v) is 6.31. The molecule has 0 saturated heterocycles. The molecule has 2 N–H and O–H groups in total. The molecule has 0 saturated carbocycles. The first-order chi connectivity index (χ1) is 14.9. The van der Waals surface area contributed by atoms with Gasteiger partial charge in [0.1, 0.15) is 0 Å². The van der Waals surface area contributed by atoms with E-state index in [4.69, 9.17) is 23.2 Å². The van der Waals surface area contributed by atoms with Crippen LogP contribution in [-0.2, 0) is 16.2 Å². The molecule has 168 valence electrons. The van der Waals surface area contributed by atoms with Gasteiger partial charge < -0.3 is 5.32 Å². The van der Waals surface area contributed by atoms with Crippen molar-refractivity contribution in [1.29, 1.82) is 0 Å². The Morgan fingerprint density at radius 1 is 0.969 bits per heavy atom. The lowest BCUT2D eigenvalue weighted by atomic mass is 10.1. The second-order valence-corrected chi connectivity index (χ2v) is 9.27. The topological polar surface area (TPSA) is 75.3 Å². The lowest BCUT2D eigenvalue weighted by Crippen LogP contribution is -2.17. The fourth-order valence-corrected chi connectivity index (χ4v) is 4.25. The summed E-state index contributed by atoms with van der Waals surface area (Å²) in [7, 11) is -4.15. The third kappa shape index (κ3) is 5.53. The number of halogens is 5. The first kappa shape index (κ1) is 23.9. The average molecular weight is 503 g/mol. The molecule has 5 nitrogen and oxygen atoms in total. The van der Waals surface area contributed by atoms with Gasteiger partial charge in [-0.1, -0.05) is 35.3 Å². The number of anilines is 2. The lowest BCUT2D eigenvalue weighted by Gasteiger charge is -2.13. The van der Waals surface area contributed by atoms with Crippen LogP contribution in [0.1, 0.15) is 21.5 Å². The molecule has 0 heterocycles. The van der Waals surface area contributed by atoms with E-state index < -0.39 is 27.7 Å². The van der Waals surface area contributed by atoms with Crippen molar-refractivity contribution in [1.82, 2.24) is 0 Å². The van der Waals surface area contributed by atoms with Gasteiger partial charge in [-0.25, -0.2) is 8.42 Å². The molecule has 0 spiro atoms. The van der Waals surface area contributed by atoms with Crippen molar-refractivity contribution in [3.8, 4) is 0 Å². The maximum absolute atomic E-state index is 12.9. The molecule has 0 aromatic heterocycles. The number of benzene rings is 3. The maximum Gasteiger partial charge on any atom is 0.416 e. The van der Waals surface area contributed by atoms with Gasteiger partial charge in [0.05, 0.1) is 21.2 Å². The summed E-state index contributed by atoms with van der Waals surface area (Å²) in [6.45, 7) is 1.57. The summed E-state index contributed by atoms with van der Waals surface area (Å²) in [6.07, 6.45) is -4.57. The predicted octanol–water partition coefficient (Wildman–Crippen LogP) is 6.37. The lowest BCUT2D eigenvalue weighted by molar-refractivity contribution is -0.137. The molecule has 0 fully saturated rings. The molecule has 0 bridgehead atoms. The minimum atomic E-state index is -4.57. The smallest absolute Gasteiger partial charge is 0.322 e. The van der Waals surface area contributed by atoms with Crippen LogP contribution in [-0.4, -0.2) is 14.3 Å². The Labute approximate surface area is 192 Å². The van der Waals surface area contributed by atoms with Crippen LogP contribution in [0.25, 0.3) is 0 Å².